The number of ether oxygens (including phenoxy) is 1. The van der Waals surface area contributed by atoms with E-state index in [2.05, 4.69) is 25.3 Å². The van der Waals surface area contributed by atoms with Crippen molar-refractivity contribution in [3.05, 3.63) is 60.3 Å². The lowest BCUT2D eigenvalue weighted by Gasteiger charge is -2.20. The van der Waals surface area contributed by atoms with E-state index >= 15 is 0 Å². The highest BCUT2D eigenvalue weighted by molar-refractivity contribution is 7.89. The molecule has 0 radical (unpaired) electrons. The summed E-state index contributed by atoms with van der Waals surface area (Å²) in [7, 11) is -3.75. The Morgan fingerprint density at radius 2 is 1.81 bits per heavy atom. The van der Waals surface area contributed by atoms with Gasteiger partial charge < -0.3 is 15.4 Å². The molecule has 1 atom stereocenters. The van der Waals surface area contributed by atoms with Crippen LogP contribution in [0, 0.1) is 6.92 Å². The van der Waals surface area contributed by atoms with Crippen molar-refractivity contribution in [2.24, 2.45) is 0 Å². The molecule has 2 heterocycles. The third-order valence-corrected chi connectivity index (χ3v) is 6.61. The van der Waals surface area contributed by atoms with E-state index in [-0.39, 0.29) is 21.5 Å². The van der Waals surface area contributed by atoms with Crippen LogP contribution in [-0.2, 0) is 10.0 Å². The molecule has 9 nitrogen and oxygen atoms in total. The Bertz CT molecular complexity index is 1660. The van der Waals surface area contributed by atoms with Gasteiger partial charge in [-0.25, -0.2) is 18.1 Å². The number of hydrogen-bond acceptors (Lipinski definition) is 8. The summed E-state index contributed by atoms with van der Waals surface area (Å²) in [5, 5.41) is 6.17. The maximum absolute atomic E-state index is 12.8. The average molecular weight is 534 g/mol. The summed E-state index contributed by atoms with van der Waals surface area (Å²) in [5.41, 5.74) is 1.11. The summed E-state index contributed by atoms with van der Waals surface area (Å²) in [6.45, 7) is -1.51. The van der Waals surface area contributed by atoms with E-state index in [4.69, 9.17) is 17.1 Å². The quantitative estimate of drug-likeness (QED) is 0.340. The molecule has 0 amide bonds. The number of hydrogen-bond donors (Lipinski definition) is 3. The fourth-order valence-corrected chi connectivity index (χ4v) is 4.70. The van der Waals surface area contributed by atoms with E-state index in [1.54, 1.807) is 58.2 Å². The van der Waals surface area contributed by atoms with Gasteiger partial charge in [0.05, 0.1) is 4.90 Å². The van der Waals surface area contributed by atoms with Crippen LogP contribution in [0.25, 0.3) is 0 Å². The predicted molar refractivity (Wildman–Crippen MR) is 147 cm³/mol. The zero-order valence-corrected chi connectivity index (χ0v) is 21.8. The van der Waals surface area contributed by atoms with Crippen LogP contribution < -0.4 is 20.1 Å². The van der Waals surface area contributed by atoms with Crippen LogP contribution in [0.2, 0.25) is 0 Å². The molecule has 1 aromatic heterocycles. The molecule has 10 heteroatoms. The Balaban J connectivity index is 1.42. The number of aryl methyl sites for hydroxylation is 1. The third kappa shape index (κ3) is 7.88. The van der Waals surface area contributed by atoms with E-state index in [0.29, 0.717) is 22.8 Å². The number of rotatable bonds is 10. The number of aromatic nitrogens is 2. The summed E-state index contributed by atoms with van der Waals surface area (Å²) in [5.74, 6) is 0.915. The topological polar surface area (TPSA) is 108 Å². The molecule has 0 spiro atoms. The maximum atomic E-state index is 12.8. The Kier molecular flexibility index (Phi) is 5.36. The Hall–Kier alpha value is -3.21. The zero-order valence-electron chi connectivity index (χ0n) is 30.0. The molecule has 4 rings (SSSR count). The van der Waals surface area contributed by atoms with Crippen molar-refractivity contribution < 1.29 is 25.5 Å². The maximum Gasteiger partial charge on any atom is 0.241 e. The van der Waals surface area contributed by atoms with E-state index in [1.165, 1.54) is 24.3 Å². The minimum atomic E-state index is -3.75. The highest BCUT2D eigenvalue weighted by Crippen LogP contribution is 2.24. The number of likely N-dealkylation sites (tertiary alicyclic amines) is 1. The van der Waals surface area contributed by atoms with Crippen molar-refractivity contribution in [2.75, 3.05) is 36.8 Å². The first-order chi connectivity index (χ1) is 21.0. The first-order valence-corrected chi connectivity index (χ1v) is 12.9. The average Bonchev–Trinajstić information content (AvgIpc) is 3.00. The van der Waals surface area contributed by atoms with Crippen molar-refractivity contribution in [3.63, 3.8) is 0 Å². The summed E-state index contributed by atoms with van der Waals surface area (Å²) in [6.07, 6.45) is -4.86. The van der Waals surface area contributed by atoms with Gasteiger partial charge in [-0.2, -0.15) is 4.98 Å². The Morgan fingerprint density at radius 1 is 1.08 bits per heavy atom. The molecule has 198 valence electrons. The van der Waals surface area contributed by atoms with Crippen molar-refractivity contribution in [1.82, 2.24) is 19.6 Å². The van der Waals surface area contributed by atoms with E-state index in [1.807, 2.05) is 0 Å². The molecule has 37 heavy (non-hydrogen) atoms. The summed E-state index contributed by atoms with van der Waals surface area (Å²) < 4.78 is 106. The standard InChI is InChI=1S/C27H36N6O3S/c1-20-19-28-26(30-21-10-12-23(13-11-21)36-17-16-33-14-5-6-15-33)31-25(20)29-22-8-7-9-24(18-22)37(34,35)32-27(2,3)4/h7-13,18-19,32H,5-6,14-17H2,1-4H3,(H2,28,29,30,31)/i5D2,6D2,14D2,15D2,16D. The van der Waals surface area contributed by atoms with Crippen molar-refractivity contribution in [1.29, 1.82) is 0 Å². The number of anilines is 4. The Morgan fingerprint density at radius 3 is 2.51 bits per heavy atom. The summed E-state index contributed by atoms with van der Waals surface area (Å²) in [6, 6.07) is 12.6. The molecular formula is C27H36N6O3S. The zero-order chi connectivity index (χ0) is 34.5. The minimum Gasteiger partial charge on any atom is -0.492 e. The van der Waals surface area contributed by atoms with Crippen molar-refractivity contribution >= 4 is 33.2 Å². The minimum absolute atomic E-state index is 0.0937. The molecular weight excluding hydrogens is 488 g/mol. The van der Waals surface area contributed by atoms with Crippen LogP contribution in [0.5, 0.6) is 5.75 Å². The Labute approximate surface area is 232 Å². The van der Waals surface area contributed by atoms with Gasteiger partial charge in [0.1, 0.15) is 18.2 Å². The molecule has 3 aromatic rings. The molecule has 0 aliphatic carbocycles. The number of nitrogens with one attached hydrogen (secondary N) is 3. The highest BCUT2D eigenvalue weighted by atomic mass is 32.2. The number of nitrogens with zero attached hydrogens (tertiary/aromatic N) is 3. The van der Waals surface area contributed by atoms with Gasteiger partial charge in [0.25, 0.3) is 0 Å². The van der Waals surface area contributed by atoms with Gasteiger partial charge in [-0.1, -0.05) is 6.07 Å². The summed E-state index contributed by atoms with van der Waals surface area (Å²) >= 11 is 0. The second kappa shape index (κ2) is 11.5. The first-order valence-electron chi connectivity index (χ1n) is 16.0. The van der Waals surface area contributed by atoms with Gasteiger partial charge in [-0.15, -0.1) is 0 Å². The lowest BCUT2D eigenvalue weighted by atomic mass is 10.1. The monoisotopic (exact) mass is 533 g/mol. The number of sulfonamides is 1. The molecule has 0 bridgehead atoms. The lowest BCUT2D eigenvalue weighted by Crippen LogP contribution is -2.40. The fraction of sp³-hybridized carbons (Fsp3) is 0.407. The third-order valence-electron chi connectivity index (χ3n) is 4.85. The molecule has 1 fully saturated rings. The van der Waals surface area contributed by atoms with Crippen LogP contribution in [0.1, 0.15) is 51.4 Å². The smallest absolute Gasteiger partial charge is 0.241 e. The normalized spacial score (nSPS) is 24.4. The lowest BCUT2D eigenvalue weighted by molar-refractivity contribution is 0.238. The summed E-state index contributed by atoms with van der Waals surface area (Å²) in [4.78, 5) is 9.11. The first kappa shape index (κ1) is 17.3. The molecule has 3 N–H and O–H groups in total. The highest BCUT2D eigenvalue weighted by Gasteiger charge is 2.22. The van der Waals surface area contributed by atoms with Gasteiger partial charge in [0, 0.05) is 47.5 Å². The van der Waals surface area contributed by atoms with Gasteiger partial charge >= 0.3 is 0 Å². The van der Waals surface area contributed by atoms with E-state index < -0.39 is 54.4 Å². The molecule has 0 saturated carbocycles. The van der Waals surface area contributed by atoms with Gasteiger partial charge in [0.2, 0.25) is 16.0 Å². The largest absolute Gasteiger partial charge is 0.492 e. The second-order valence-electron chi connectivity index (χ2n) is 9.22. The van der Waals surface area contributed by atoms with Crippen LogP contribution in [-0.4, -0.2) is 54.9 Å². The molecule has 1 saturated heterocycles. The molecule has 1 unspecified atom stereocenters. The fourth-order valence-electron chi connectivity index (χ4n) is 3.24. The number of benzene rings is 2. The van der Waals surface area contributed by atoms with E-state index in [0.717, 1.165) is 0 Å². The van der Waals surface area contributed by atoms with Gasteiger partial charge in [0.15, 0.2) is 0 Å². The second-order valence-corrected chi connectivity index (χ2v) is 10.9. The van der Waals surface area contributed by atoms with Crippen LogP contribution in [0.15, 0.2) is 59.6 Å². The van der Waals surface area contributed by atoms with Crippen LogP contribution >= 0.6 is 0 Å². The SMILES string of the molecule is [2H]C(COc1ccc(Nc2ncc(C)c(Nc3cccc(S(=O)(=O)NC(C)(C)C)c3)n2)cc1)N1C([2H])([2H])C([2H])([2H])C([2H])([2H])C1([2H])[2H]. The molecule has 1 aliphatic rings. The van der Waals surface area contributed by atoms with Crippen LogP contribution in [0.4, 0.5) is 23.1 Å². The molecule has 2 aromatic carbocycles. The van der Waals surface area contributed by atoms with Gasteiger partial charge in [-0.05, 0) is 95.9 Å². The van der Waals surface area contributed by atoms with Crippen molar-refractivity contribution in [3.8, 4) is 5.75 Å². The van der Waals surface area contributed by atoms with Crippen molar-refractivity contribution in [2.45, 2.75) is 50.9 Å². The van der Waals surface area contributed by atoms with Gasteiger partial charge in [-0.3, -0.25) is 4.90 Å². The predicted octanol–water partition coefficient (Wildman–Crippen LogP) is 4.82. The van der Waals surface area contributed by atoms with Crippen LogP contribution in [0.3, 0.4) is 0 Å². The van der Waals surface area contributed by atoms with E-state index in [9.17, 15) is 8.42 Å². The molecule has 1 aliphatic heterocycles.